The third-order valence-electron chi connectivity index (χ3n) is 4.16. The zero-order valence-corrected chi connectivity index (χ0v) is 13.8. The van der Waals surface area contributed by atoms with Crippen molar-refractivity contribution in [1.82, 2.24) is 0 Å². The third-order valence-corrected chi connectivity index (χ3v) is 5.68. The van der Waals surface area contributed by atoms with Crippen LogP contribution in [-0.4, -0.2) is 8.42 Å². The average Bonchev–Trinajstić information content (AvgIpc) is 2.85. The molecule has 0 spiro atoms. The number of rotatable bonds is 3. The molecule has 4 heteroatoms. The second-order valence-corrected chi connectivity index (χ2v) is 7.40. The van der Waals surface area contributed by atoms with E-state index in [1.165, 1.54) is 16.7 Å². The minimum atomic E-state index is -3.57. The van der Waals surface area contributed by atoms with Crippen molar-refractivity contribution in [2.75, 3.05) is 4.72 Å². The maximum atomic E-state index is 12.7. The van der Waals surface area contributed by atoms with Crippen LogP contribution in [0.3, 0.4) is 0 Å². The quantitative estimate of drug-likeness (QED) is 0.928. The zero-order valence-electron chi connectivity index (χ0n) is 13.0. The first-order valence-corrected chi connectivity index (χ1v) is 8.76. The predicted octanol–water partition coefficient (Wildman–Crippen LogP) is 4.06. The van der Waals surface area contributed by atoms with Crippen molar-refractivity contribution < 1.29 is 8.42 Å². The van der Waals surface area contributed by atoms with E-state index in [-0.39, 0.29) is 0 Å². The largest absolute Gasteiger partial charge is 0.279 e. The van der Waals surface area contributed by atoms with E-state index in [1.807, 2.05) is 18.2 Å². The first kappa shape index (κ1) is 14.9. The molecule has 2 aromatic carbocycles. The third kappa shape index (κ3) is 2.44. The molecule has 0 unspecified atom stereocenters. The Balaban J connectivity index is 2.04. The fourth-order valence-electron chi connectivity index (χ4n) is 3.04. The highest BCUT2D eigenvalue weighted by Crippen LogP contribution is 2.35. The lowest BCUT2D eigenvalue weighted by atomic mass is 9.99. The summed E-state index contributed by atoms with van der Waals surface area (Å²) >= 11 is 0. The molecule has 0 saturated carbocycles. The highest BCUT2D eigenvalue weighted by molar-refractivity contribution is 7.92. The van der Waals surface area contributed by atoms with Gasteiger partial charge in [0.2, 0.25) is 0 Å². The summed E-state index contributed by atoms with van der Waals surface area (Å²) in [6, 6.07) is 10.8. The molecule has 3 nitrogen and oxygen atoms in total. The maximum absolute atomic E-state index is 12.7. The van der Waals surface area contributed by atoms with Crippen molar-refractivity contribution in [3.8, 4) is 0 Å². The number of fused-ring (bicyclic) bond motifs is 1. The summed E-state index contributed by atoms with van der Waals surface area (Å²) < 4.78 is 28.1. The number of hydrogen-bond acceptors (Lipinski definition) is 2. The van der Waals surface area contributed by atoms with Crippen LogP contribution in [-0.2, 0) is 16.4 Å². The zero-order chi connectivity index (χ0) is 15.9. The molecule has 1 aliphatic rings. The van der Waals surface area contributed by atoms with Crippen LogP contribution in [0.1, 0.15) is 29.2 Å². The highest BCUT2D eigenvalue weighted by atomic mass is 32.2. The summed E-state index contributed by atoms with van der Waals surface area (Å²) in [6.45, 7) is 5.93. The van der Waals surface area contributed by atoms with Gasteiger partial charge in [-0.1, -0.05) is 30.3 Å². The van der Waals surface area contributed by atoms with E-state index in [1.54, 1.807) is 25.1 Å². The molecule has 22 heavy (non-hydrogen) atoms. The fraction of sp³-hybridized carbons (Fsp3) is 0.222. The number of hydrogen-bond donors (Lipinski definition) is 1. The van der Waals surface area contributed by atoms with Gasteiger partial charge in [-0.3, -0.25) is 4.72 Å². The second kappa shape index (κ2) is 5.29. The molecule has 2 aromatic rings. The van der Waals surface area contributed by atoms with Gasteiger partial charge in [-0.25, -0.2) is 8.42 Å². The monoisotopic (exact) mass is 313 g/mol. The Bertz CT molecular complexity index is 880. The summed E-state index contributed by atoms with van der Waals surface area (Å²) in [4.78, 5) is 0.326. The predicted molar refractivity (Wildman–Crippen MR) is 90.5 cm³/mol. The summed E-state index contributed by atoms with van der Waals surface area (Å²) in [6.07, 6.45) is 2.91. The Morgan fingerprint density at radius 2 is 1.68 bits per heavy atom. The van der Waals surface area contributed by atoms with E-state index in [0.717, 1.165) is 17.5 Å². The van der Waals surface area contributed by atoms with Gasteiger partial charge in [0.05, 0.1) is 10.6 Å². The minimum Gasteiger partial charge on any atom is -0.279 e. The first-order valence-electron chi connectivity index (χ1n) is 7.28. The number of nitrogens with one attached hydrogen (secondary N) is 1. The summed E-state index contributed by atoms with van der Waals surface area (Å²) in [5.41, 5.74) is 6.05. The van der Waals surface area contributed by atoms with Crippen LogP contribution in [0.2, 0.25) is 0 Å². The van der Waals surface area contributed by atoms with Gasteiger partial charge in [0, 0.05) is 0 Å². The van der Waals surface area contributed by atoms with E-state index in [0.29, 0.717) is 10.6 Å². The van der Waals surface area contributed by atoms with E-state index in [4.69, 9.17) is 0 Å². The standard InChI is InChI=1S/C18H19NO2S/c1-12-6-4-5-7-17(12)22(20,21)19-16-11-9-14(3)18-13(2)8-10-15(16)18/h4-9,11,19H,10H2,1-3H3. The summed E-state index contributed by atoms with van der Waals surface area (Å²) in [7, 11) is -3.57. The molecule has 0 fully saturated rings. The lowest BCUT2D eigenvalue weighted by molar-refractivity contribution is 0.600. The van der Waals surface area contributed by atoms with Crippen LogP contribution in [0.4, 0.5) is 5.69 Å². The molecule has 0 radical (unpaired) electrons. The fourth-order valence-corrected chi connectivity index (χ4v) is 4.38. The topological polar surface area (TPSA) is 46.2 Å². The van der Waals surface area contributed by atoms with Gasteiger partial charge >= 0.3 is 0 Å². The van der Waals surface area contributed by atoms with Crippen molar-refractivity contribution in [2.24, 2.45) is 0 Å². The molecule has 0 heterocycles. The van der Waals surface area contributed by atoms with Crippen LogP contribution in [0.25, 0.3) is 5.57 Å². The van der Waals surface area contributed by atoms with E-state index in [9.17, 15) is 8.42 Å². The van der Waals surface area contributed by atoms with Crippen LogP contribution in [0, 0.1) is 13.8 Å². The Morgan fingerprint density at radius 3 is 2.41 bits per heavy atom. The smallest absolute Gasteiger partial charge is 0.262 e. The first-order chi connectivity index (χ1) is 10.4. The second-order valence-electron chi connectivity index (χ2n) is 5.75. The lowest BCUT2D eigenvalue weighted by Crippen LogP contribution is -2.15. The summed E-state index contributed by atoms with van der Waals surface area (Å²) in [5.74, 6) is 0. The average molecular weight is 313 g/mol. The SMILES string of the molecule is CC1=CCc2c(NS(=O)(=O)c3ccccc3C)ccc(C)c21. The van der Waals surface area contributed by atoms with Gasteiger partial charge in [0.1, 0.15) is 0 Å². The Kier molecular flexibility index (Phi) is 3.57. The van der Waals surface area contributed by atoms with Crippen LogP contribution < -0.4 is 4.72 Å². The van der Waals surface area contributed by atoms with E-state index in [2.05, 4.69) is 24.6 Å². The number of aryl methyl sites for hydroxylation is 2. The van der Waals surface area contributed by atoms with Gasteiger partial charge in [0.25, 0.3) is 10.0 Å². The molecular weight excluding hydrogens is 294 g/mol. The number of benzene rings is 2. The molecular formula is C18H19NO2S. The molecule has 0 amide bonds. The molecule has 0 bridgehead atoms. The summed E-state index contributed by atoms with van der Waals surface area (Å²) in [5, 5.41) is 0. The van der Waals surface area contributed by atoms with Gasteiger partial charge in [-0.05, 0) is 67.2 Å². The molecule has 114 valence electrons. The van der Waals surface area contributed by atoms with Crippen molar-refractivity contribution in [3.05, 3.63) is 64.7 Å². The maximum Gasteiger partial charge on any atom is 0.262 e. The number of anilines is 1. The molecule has 0 atom stereocenters. The van der Waals surface area contributed by atoms with Gasteiger partial charge in [0.15, 0.2) is 0 Å². The van der Waals surface area contributed by atoms with E-state index >= 15 is 0 Å². The van der Waals surface area contributed by atoms with Crippen LogP contribution in [0.5, 0.6) is 0 Å². The normalized spacial score (nSPS) is 13.7. The Hall–Kier alpha value is -2.07. The van der Waals surface area contributed by atoms with Crippen LogP contribution >= 0.6 is 0 Å². The molecule has 0 aromatic heterocycles. The van der Waals surface area contributed by atoms with Crippen molar-refractivity contribution in [2.45, 2.75) is 32.1 Å². The molecule has 0 aliphatic heterocycles. The van der Waals surface area contributed by atoms with Crippen molar-refractivity contribution in [1.29, 1.82) is 0 Å². The van der Waals surface area contributed by atoms with Gasteiger partial charge in [-0.15, -0.1) is 0 Å². The van der Waals surface area contributed by atoms with Crippen molar-refractivity contribution in [3.63, 3.8) is 0 Å². The lowest BCUT2D eigenvalue weighted by Gasteiger charge is -2.15. The Morgan fingerprint density at radius 1 is 0.955 bits per heavy atom. The molecule has 1 aliphatic carbocycles. The van der Waals surface area contributed by atoms with Gasteiger partial charge < -0.3 is 0 Å². The van der Waals surface area contributed by atoms with Gasteiger partial charge in [-0.2, -0.15) is 0 Å². The van der Waals surface area contributed by atoms with Crippen molar-refractivity contribution >= 4 is 21.3 Å². The van der Waals surface area contributed by atoms with Crippen LogP contribution in [0.15, 0.2) is 47.4 Å². The molecule has 1 N–H and O–H groups in total. The molecule has 0 saturated heterocycles. The number of sulfonamides is 1. The Labute approximate surface area is 131 Å². The highest BCUT2D eigenvalue weighted by Gasteiger charge is 2.22. The number of allylic oxidation sites excluding steroid dienone is 2. The molecule has 3 rings (SSSR count). The minimum absolute atomic E-state index is 0.326. The van der Waals surface area contributed by atoms with E-state index < -0.39 is 10.0 Å².